The zero-order chi connectivity index (χ0) is 20.3. The van der Waals surface area contributed by atoms with Gasteiger partial charge in [0.25, 0.3) is 11.5 Å². The summed E-state index contributed by atoms with van der Waals surface area (Å²) in [6.45, 7) is 0.363. The van der Waals surface area contributed by atoms with E-state index in [1.807, 2.05) is 18.2 Å². The fourth-order valence-electron chi connectivity index (χ4n) is 2.62. The number of nitrogens with zero attached hydrogens (tertiary/aromatic N) is 2. The molecule has 0 aliphatic rings. The summed E-state index contributed by atoms with van der Waals surface area (Å²) in [5.74, 6) is -0.389. The second-order valence-electron chi connectivity index (χ2n) is 6.03. The quantitative estimate of drug-likeness (QED) is 0.664. The molecule has 2 aromatic carbocycles. The van der Waals surface area contributed by atoms with Crippen LogP contribution in [0.2, 0.25) is 10.0 Å². The van der Waals surface area contributed by atoms with Crippen LogP contribution in [0.5, 0.6) is 0 Å². The maximum absolute atomic E-state index is 12.5. The number of hydrogen-bond donors (Lipinski definition) is 2. The molecule has 3 aromatic rings. The molecule has 0 saturated carbocycles. The average molecular weight is 419 g/mol. The van der Waals surface area contributed by atoms with Gasteiger partial charge in [0.05, 0.1) is 10.6 Å². The smallest absolute Gasteiger partial charge is 0.344 e. The van der Waals surface area contributed by atoms with Crippen molar-refractivity contribution >= 4 is 29.1 Å². The molecular formula is C19H16Cl2N4O3. The lowest BCUT2D eigenvalue weighted by Crippen LogP contribution is -2.34. The third-order valence-corrected chi connectivity index (χ3v) is 4.90. The molecule has 3 rings (SSSR count). The number of hydrogen-bond acceptors (Lipinski definition) is 4. The van der Waals surface area contributed by atoms with E-state index >= 15 is 0 Å². The Labute approximate surface area is 169 Å². The van der Waals surface area contributed by atoms with Gasteiger partial charge in [0.15, 0.2) is 5.69 Å². The van der Waals surface area contributed by atoms with Gasteiger partial charge < -0.3 is 5.32 Å². The van der Waals surface area contributed by atoms with Gasteiger partial charge in [-0.15, -0.1) is 0 Å². The molecule has 0 spiro atoms. The van der Waals surface area contributed by atoms with Gasteiger partial charge >= 0.3 is 5.69 Å². The number of H-pyrrole nitrogens is 1. The molecule has 1 heterocycles. The van der Waals surface area contributed by atoms with Crippen LogP contribution in [0.25, 0.3) is 11.3 Å². The van der Waals surface area contributed by atoms with Crippen LogP contribution in [0.3, 0.4) is 0 Å². The summed E-state index contributed by atoms with van der Waals surface area (Å²) >= 11 is 12.3. The monoisotopic (exact) mass is 418 g/mol. The summed E-state index contributed by atoms with van der Waals surface area (Å²) in [4.78, 5) is 36.3. The number of halogens is 2. The molecule has 0 aliphatic carbocycles. The lowest BCUT2D eigenvalue weighted by molar-refractivity contribution is 0.0954. The number of carbonyl (C=O) groups excluding carboxylic acids is 1. The third-order valence-electron chi connectivity index (χ3n) is 4.20. The zero-order valence-corrected chi connectivity index (χ0v) is 16.3. The molecule has 0 bridgehead atoms. The Morgan fingerprint density at radius 3 is 2.64 bits per heavy atom. The van der Waals surface area contributed by atoms with Crippen molar-refractivity contribution in [3.63, 3.8) is 0 Å². The van der Waals surface area contributed by atoms with Crippen LogP contribution in [-0.2, 0) is 13.5 Å². The molecular weight excluding hydrogens is 403 g/mol. The van der Waals surface area contributed by atoms with E-state index in [-0.39, 0.29) is 22.2 Å². The minimum absolute atomic E-state index is 0.0175. The van der Waals surface area contributed by atoms with Gasteiger partial charge in [-0.2, -0.15) is 5.10 Å². The summed E-state index contributed by atoms with van der Waals surface area (Å²) in [6, 6.07) is 11.9. The molecule has 1 amide bonds. The van der Waals surface area contributed by atoms with Crippen molar-refractivity contribution in [2.45, 2.75) is 6.42 Å². The fourth-order valence-corrected chi connectivity index (χ4v) is 3.05. The van der Waals surface area contributed by atoms with Crippen molar-refractivity contribution < 1.29 is 4.79 Å². The van der Waals surface area contributed by atoms with Gasteiger partial charge in [-0.05, 0) is 30.2 Å². The first-order valence-electron chi connectivity index (χ1n) is 8.35. The fraction of sp³-hybridized carbons (Fsp3) is 0.158. The van der Waals surface area contributed by atoms with Crippen molar-refractivity contribution in [3.05, 3.63) is 84.5 Å². The average Bonchev–Trinajstić information content (AvgIpc) is 2.68. The van der Waals surface area contributed by atoms with Crippen LogP contribution in [0.1, 0.15) is 15.9 Å². The second kappa shape index (κ2) is 8.41. The van der Waals surface area contributed by atoms with Gasteiger partial charge in [-0.1, -0.05) is 47.5 Å². The molecule has 144 valence electrons. The molecule has 0 atom stereocenters. The molecule has 9 heteroatoms. The first-order chi connectivity index (χ1) is 13.4. The Morgan fingerprint density at radius 1 is 1.14 bits per heavy atom. The minimum atomic E-state index is -0.625. The molecule has 0 radical (unpaired) electrons. The first kappa shape index (κ1) is 19.9. The highest BCUT2D eigenvalue weighted by Gasteiger charge is 2.15. The van der Waals surface area contributed by atoms with E-state index in [0.29, 0.717) is 23.6 Å². The summed E-state index contributed by atoms with van der Waals surface area (Å²) in [5.41, 5.74) is 0.316. The summed E-state index contributed by atoms with van der Waals surface area (Å²) in [6.07, 6.45) is 0.560. The molecule has 28 heavy (non-hydrogen) atoms. The molecule has 1 aromatic heterocycles. The Kier molecular flexibility index (Phi) is 5.96. The number of rotatable bonds is 5. The maximum Gasteiger partial charge on any atom is 0.344 e. The predicted octanol–water partition coefficient (Wildman–Crippen LogP) is 2.41. The number of benzene rings is 2. The van der Waals surface area contributed by atoms with Gasteiger partial charge in [-0.3, -0.25) is 14.2 Å². The number of aromatic nitrogens is 3. The second-order valence-corrected chi connectivity index (χ2v) is 6.85. The maximum atomic E-state index is 12.5. The van der Waals surface area contributed by atoms with Crippen molar-refractivity contribution in [2.24, 2.45) is 7.05 Å². The number of nitrogens with one attached hydrogen (secondary N) is 2. The van der Waals surface area contributed by atoms with E-state index < -0.39 is 11.2 Å². The van der Waals surface area contributed by atoms with Crippen molar-refractivity contribution in [1.82, 2.24) is 20.1 Å². The summed E-state index contributed by atoms with van der Waals surface area (Å²) < 4.78 is 0.903. The molecule has 2 N–H and O–H groups in total. The Morgan fingerprint density at radius 2 is 1.89 bits per heavy atom. The lowest BCUT2D eigenvalue weighted by Gasteiger charge is -2.09. The summed E-state index contributed by atoms with van der Waals surface area (Å²) in [5, 5.41) is 9.69. The van der Waals surface area contributed by atoms with Crippen molar-refractivity contribution in [3.8, 4) is 11.3 Å². The highest BCUT2D eigenvalue weighted by molar-refractivity contribution is 6.34. The molecule has 7 nitrogen and oxygen atoms in total. The highest BCUT2D eigenvalue weighted by Crippen LogP contribution is 2.22. The van der Waals surface area contributed by atoms with E-state index in [1.165, 1.54) is 19.2 Å². The van der Waals surface area contributed by atoms with E-state index in [9.17, 15) is 14.4 Å². The molecule has 0 unspecified atom stereocenters. The third kappa shape index (κ3) is 4.16. The predicted molar refractivity (Wildman–Crippen MR) is 108 cm³/mol. The van der Waals surface area contributed by atoms with E-state index in [0.717, 1.165) is 10.1 Å². The van der Waals surface area contributed by atoms with E-state index in [4.69, 9.17) is 23.2 Å². The van der Waals surface area contributed by atoms with Crippen LogP contribution < -0.4 is 16.6 Å². The van der Waals surface area contributed by atoms with Gasteiger partial charge in [0.1, 0.15) is 0 Å². The number of amides is 1. The first-order valence-corrected chi connectivity index (χ1v) is 9.11. The lowest BCUT2D eigenvalue weighted by atomic mass is 10.1. The van der Waals surface area contributed by atoms with Crippen LogP contribution in [0, 0.1) is 0 Å². The van der Waals surface area contributed by atoms with Gasteiger partial charge in [0.2, 0.25) is 0 Å². The number of carbonyl (C=O) groups is 1. The zero-order valence-electron chi connectivity index (χ0n) is 14.8. The molecule has 0 fully saturated rings. The summed E-state index contributed by atoms with van der Waals surface area (Å²) in [7, 11) is 1.34. The Balaban J connectivity index is 1.81. The van der Waals surface area contributed by atoms with E-state index in [2.05, 4.69) is 15.5 Å². The van der Waals surface area contributed by atoms with Gasteiger partial charge in [-0.25, -0.2) is 9.89 Å². The largest absolute Gasteiger partial charge is 0.352 e. The number of aromatic amines is 1. The van der Waals surface area contributed by atoms with Gasteiger partial charge in [0, 0.05) is 24.2 Å². The highest BCUT2D eigenvalue weighted by atomic mass is 35.5. The van der Waals surface area contributed by atoms with Crippen LogP contribution in [0.4, 0.5) is 0 Å². The standard InChI is InChI=1S/C19H16Cl2N4O3/c1-25-18(27)16(23-24-19(25)28)12-6-7-15(21)13(10-12)17(26)22-9-8-11-4-2-3-5-14(11)20/h2-7,10H,8-9H2,1H3,(H,22,26)(H,24,28). The minimum Gasteiger partial charge on any atom is -0.352 e. The Hall–Kier alpha value is -2.90. The van der Waals surface area contributed by atoms with Crippen LogP contribution in [0.15, 0.2) is 52.1 Å². The van der Waals surface area contributed by atoms with Crippen LogP contribution >= 0.6 is 23.2 Å². The van der Waals surface area contributed by atoms with Crippen molar-refractivity contribution in [2.75, 3.05) is 6.54 Å². The normalized spacial score (nSPS) is 10.7. The SMILES string of the molecule is Cn1c(=O)[nH]nc(-c2ccc(Cl)c(C(=O)NCCc3ccccc3Cl)c2)c1=O. The van der Waals surface area contributed by atoms with E-state index in [1.54, 1.807) is 12.1 Å². The molecule has 0 saturated heterocycles. The van der Waals surface area contributed by atoms with Crippen LogP contribution in [-0.4, -0.2) is 27.2 Å². The van der Waals surface area contributed by atoms with Crippen molar-refractivity contribution in [1.29, 1.82) is 0 Å². The topological polar surface area (TPSA) is 96.8 Å². The Bertz CT molecular complexity index is 1150. The molecule has 0 aliphatic heterocycles.